The van der Waals surface area contributed by atoms with Crippen molar-refractivity contribution in [3.8, 4) is 17.3 Å². The highest BCUT2D eigenvalue weighted by molar-refractivity contribution is 5.86. The quantitative estimate of drug-likeness (QED) is 0.378. The third-order valence-corrected chi connectivity index (χ3v) is 7.43. The zero-order valence-electron chi connectivity index (χ0n) is 19.4. The summed E-state index contributed by atoms with van der Waals surface area (Å²) in [5, 5.41) is 10.0. The minimum absolute atomic E-state index is 0.369. The zero-order chi connectivity index (χ0) is 22.4. The van der Waals surface area contributed by atoms with E-state index in [9.17, 15) is 0 Å². The van der Waals surface area contributed by atoms with Crippen molar-refractivity contribution >= 4 is 16.6 Å². The maximum Gasteiger partial charge on any atom is 0.187 e. The van der Waals surface area contributed by atoms with Crippen molar-refractivity contribution in [1.29, 1.82) is 0 Å². The van der Waals surface area contributed by atoms with E-state index in [1.54, 1.807) is 0 Å². The van der Waals surface area contributed by atoms with Gasteiger partial charge in [0.1, 0.15) is 17.0 Å². The minimum Gasteiger partial charge on any atom is -0.491 e. The second-order valence-electron chi connectivity index (χ2n) is 9.73. The highest BCUT2D eigenvalue weighted by Crippen LogP contribution is 2.33. The Morgan fingerprint density at radius 3 is 2.76 bits per heavy atom. The molecule has 2 aliphatic rings. The number of para-hydroxylation sites is 1. The molecule has 1 aliphatic carbocycles. The van der Waals surface area contributed by atoms with Gasteiger partial charge in [0.2, 0.25) is 0 Å². The molecule has 0 unspecified atom stereocenters. The molecule has 4 heterocycles. The Morgan fingerprint density at radius 1 is 1.03 bits per heavy atom. The predicted octanol–water partition coefficient (Wildman–Crippen LogP) is 5.53. The Kier molecular flexibility index (Phi) is 5.25. The van der Waals surface area contributed by atoms with Gasteiger partial charge >= 0.3 is 0 Å². The average molecular weight is 442 g/mol. The number of nitrogens with zero attached hydrogens (tertiary/aromatic N) is 5. The van der Waals surface area contributed by atoms with Crippen molar-refractivity contribution in [3.05, 3.63) is 54.2 Å². The van der Waals surface area contributed by atoms with Crippen molar-refractivity contribution in [2.24, 2.45) is 11.8 Å². The van der Waals surface area contributed by atoms with Gasteiger partial charge < -0.3 is 4.74 Å². The topological polar surface area (TPSA) is 55.5 Å². The Bertz CT molecular complexity index is 1290. The first-order valence-electron chi connectivity index (χ1n) is 12.3. The van der Waals surface area contributed by atoms with E-state index in [0.717, 1.165) is 46.3 Å². The first-order chi connectivity index (χ1) is 16.2. The van der Waals surface area contributed by atoms with Crippen molar-refractivity contribution < 1.29 is 4.74 Å². The van der Waals surface area contributed by atoms with Crippen LogP contribution in [-0.4, -0.2) is 44.2 Å². The van der Waals surface area contributed by atoms with E-state index in [2.05, 4.69) is 63.8 Å². The van der Waals surface area contributed by atoms with Crippen LogP contribution in [0.1, 0.15) is 51.1 Å². The van der Waals surface area contributed by atoms with Crippen molar-refractivity contribution in [2.75, 3.05) is 19.7 Å². The van der Waals surface area contributed by atoms with Crippen molar-refractivity contribution in [3.63, 3.8) is 0 Å². The molecule has 1 saturated carbocycles. The summed E-state index contributed by atoms with van der Waals surface area (Å²) in [6.07, 6.45) is 7.29. The summed E-state index contributed by atoms with van der Waals surface area (Å²) >= 11 is 0. The SMILES string of the molecule is CC[C@H]1CCN([C@@H](C)c2ccc3nnc(-c4ccc5cccc(OCC6CC6)c5n4)n3c2)C1. The molecule has 0 N–H and O–H groups in total. The van der Waals surface area contributed by atoms with Gasteiger partial charge in [0.05, 0.1) is 6.61 Å². The fourth-order valence-corrected chi connectivity index (χ4v) is 4.94. The van der Waals surface area contributed by atoms with Crippen LogP contribution in [0.5, 0.6) is 5.75 Å². The lowest BCUT2D eigenvalue weighted by Crippen LogP contribution is -2.24. The Labute approximate surface area is 194 Å². The second kappa shape index (κ2) is 8.41. The lowest BCUT2D eigenvalue weighted by Gasteiger charge is -2.24. The molecule has 1 saturated heterocycles. The van der Waals surface area contributed by atoms with E-state index in [-0.39, 0.29) is 0 Å². The summed E-state index contributed by atoms with van der Waals surface area (Å²) in [6, 6.07) is 14.9. The smallest absolute Gasteiger partial charge is 0.187 e. The van der Waals surface area contributed by atoms with E-state index in [1.165, 1.54) is 44.3 Å². The molecular weight excluding hydrogens is 410 g/mol. The van der Waals surface area contributed by atoms with E-state index in [1.807, 2.05) is 18.2 Å². The van der Waals surface area contributed by atoms with Crippen LogP contribution in [0.2, 0.25) is 0 Å². The molecule has 6 heteroatoms. The molecular formula is C27H31N5O. The van der Waals surface area contributed by atoms with Gasteiger partial charge in [-0.05, 0) is 68.3 Å². The number of ether oxygens (including phenoxy) is 1. The number of likely N-dealkylation sites (tertiary alicyclic amines) is 1. The van der Waals surface area contributed by atoms with E-state index in [0.29, 0.717) is 12.0 Å². The fraction of sp³-hybridized carbons (Fsp3) is 0.444. The van der Waals surface area contributed by atoms with Crippen LogP contribution in [0, 0.1) is 11.8 Å². The maximum absolute atomic E-state index is 6.12. The zero-order valence-corrected chi connectivity index (χ0v) is 19.4. The molecule has 33 heavy (non-hydrogen) atoms. The molecule has 0 radical (unpaired) electrons. The van der Waals surface area contributed by atoms with E-state index < -0.39 is 0 Å². The fourth-order valence-electron chi connectivity index (χ4n) is 4.94. The maximum atomic E-state index is 6.12. The number of aromatic nitrogens is 4. The molecule has 2 atom stereocenters. The molecule has 3 aromatic heterocycles. The Balaban J connectivity index is 1.35. The largest absolute Gasteiger partial charge is 0.491 e. The van der Waals surface area contributed by atoms with Crippen LogP contribution in [0.15, 0.2) is 48.7 Å². The Morgan fingerprint density at radius 2 is 1.94 bits per heavy atom. The van der Waals surface area contributed by atoms with E-state index >= 15 is 0 Å². The van der Waals surface area contributed by atoms with Crippen LogP contribution < -0.4 is 4.74 Å². The third kappa shape index (κ3) is 3.97. The molecule has 1 aromatic carbocycles. The highest BCUT2D eigenvalue weighted by atomic mass is 16.5. The summed E-state index contributed by atoms with van der Waals surface area (Å²) in [6.45, 7) is 7.73. The van der Waals surface area contributed by atoms with Gasteiger partial charge in [-0.25, -0.2) is 4.98 Å². The van der Waals surface area contributed by atoms with Gasteiger partial charge in [-0.2, -0.15) is 0 Å². The molecule has 0 spiro atoms. The summed E-state index contributed by atoms with van der Waals surface area (Å²) in [4.78, 5) is 7.57. The number of pyridine rings is 2. The van der Waals surface area contributed by atoms with Gasteiger partial charge in [-0.1, -0.05) is 37.6 Å². The van der Waals surface area contributed by atoms with Gasteiger partial charge in [0.25, 0.3) is 0 Å². The molecule has 0 amide bonds. The predicted molar refractivity (Wildman–Crippen MR) is 130 cm³/mol. The molecule has 170 valence electrons. The molecule has 4 aromatic rings. The number of benzene rings is 1. The van der Waals surface area contributed by atoms with Crippen LogP contribution in [-0.2, 0) is 0 Å². The third-order valence-electron chi connectivity index (χ3n) is 7.43. The Hall–Kier alpha value is -2.99. The summed E-state index contributed by atoms with van der Waals surface area (Å²) in [5.74, 6) is 3.14. The minimum atomic E-state index is 0.369. The van der Waals surface area contributed by atoms with Crippen molar-refractivity contribution in [2.45, 2.75) is 45.6 Å². The summed E-state index contributed by atoms with van der Waals surface area (Å²) in [7, 11) is 0. The monoisotopic (exact) mass is 441 g/mol. The van der Waals surface area contributed by atoms with E-state index in [4.69, 9.17) is 9.72 Å². The number of rotatable bonds is 7. The highest BCUT2D eigenvalue weighted by Gasteiger charge is 2.26. The molecule has 2 fully saturated rings. The van der Waals surface area contributed by atoms with Crippen LogP contribution in [0.4, 0.5) is 0 Å². The van der Waals surface area contributed by atoms with Crippen LogP contribution in [0.3, 0.4) is 0 Å². The molecule has 6 nitrogen and oxygen atoms in total. The average Bonchev–Trinajstić information content (AvgIpc) is 3.39. The molecule has 0 bridgehead atoms. The standard InChI is InChI=1S/C27H31N5O/c1-3-19-13-14-31(15-19)18(2)22-10-12-25-29-30-27(32(25)16-22)23-11-9-21-5-4-6-24(26(21)28-23)33-17-20-7-8-20/h4-6,9-12,16,18-20H,3,7-8,13-15,17H2,1-2H3/t18-,19-/m0/s1. The number of hydrogen-bond acceptors (Lipinski definition) is 5. The van der Waals surface area contributed by atoms with Gasteiger partial charge in [-0.3, -0.25) is 9.30 Å². The van der Waals surface area contributed by atoms with Crippen molar-refractivity contribution in [1.82, 2.24) is 24.5 Å². The first-order valence-corrected chi connectivity index (χ1v) is 12.3. The molecule has 1 aliphatic heterocycles. The number of fused-ring (bicyclic) bond motifs is 2. The van der Waals surface area contributed by atoms with Crippen LogP contribution >= 0.6 is 0 Å². The number of hydrogen-bond donors (Lipinski definition) is 0. The second-order valence-corrected chi connectivity index (χ2v) is 9.73. The van der Waals surface area contributed by atoms with Gasteiger partial charge in [-0.15, -0.1) is 10.2 Å². The first kappa shape index (κ1) is 20.6. The lowest BCUT2D eigenvalue weighted by atomic mass is 10.1. The lowest BCUT2D eigenvalue weighted by molar-refractivity contribution is 0.251. The summed E-state index contributed by atoms with van der Waals surface area (Å²) in [5.41, 5.74) is 3.83. The van der Waals surface area contributed by atoms with Gasteiger partial charge in [0.15, 0.2) is 11.5 Å². The van der Waals surface area contributed by atoms with Crippen LogP contribution in [0.25, 0.3) is 28.1 Å². The normalized spacial score (nSPS) is 20.0. The summed E-state index contributed by atoms with van der Waals surface area (Å²) < 4.78 is 8.20. The van der Waals surface area contributed by atoms with Gasteiger partial charge in [0, 0.05) is 24.2 Å². The molecule has 6 rings (SSSR count).